The second kappa shape index (κ2) is 8.78. The number of fused-ring (bicyclic) bond motifs is 2. The summed E-state index contributed by atoms with van der Waals surface area (Å²) in [7, 11) is 0. The van der Waals surface area contributed by atoms with Crippen LogP contribution < -0.4 is 10.6 Å². The second-order valence-electron chi connectivity index (χ2n) is 8.30. The molecule has 2 amide bonds. The van der Waals surface area contributed by atoms with Crippen LogP contribution in [0.4, 0.5) is 10.5 Å². The lowest BCUT2D eigenvalue weighted by molar-refractivity contribution is 0.0200. The van der Waals surface area contributed by atoms with E-state index in [-0.39, 0.29) is 17.9 Å². The van der Waals surface area contributed by atoms with Crippen molar-refractivity contribution < 1.29 is 9.59 Å². The van der Waals surface area contributed by atoms with Crippen LogP contribution >= 0.6 is 0 Å². The molecular weight excluding hydrogens is 362 g/mol. The molecule has 2 atom stereocenters. The number of nitrogens with one attached hydrogen (secondary N) is 2. The van der Waals surface area contributed by atoms with E-state index < -0.39 is 0 Å². The van der Waals surface area contributed by atoms with Crippen molar-refractivity contribution in [2.24, 2.45) is 0 Å². The maximum Gasteiger partial charge on any atom is 0.319 e. The van der Waals surface area contributed by atoms with E-state index in [9.17, 15) is 9.59 Å². The summed E-state index contributed by atoms with van der Waals surface area (Å²) < 4.78 is 0. The molecule has 5 nitrogen and oxygen atoms in total. The van der Waals surface area contributed by atoms with Crippen molar-refractivity contribution >= 4 is 17.5 Å². The van der Waals surface area contributed by atoms with E-state index in [4.69, 9.17) is 0 Å². The first-order valence-electron chi connectivity index (χ1n) is 10.6. The van der Waals surface area contributed by atoms with E-state index in [1.165, 1.54) is 31.7 Å². The quantitative estimate of drug-likeness (QED) is 0.733. The molecule has 0 radical (unpaired) electrons. The largest absolute Gasteiger partial charge is 0.335 e. The SMILES string of the molecule is CC(=O)c1cccc(NC(=O)NC2C[C@@H]3CCC[C@@H](C2)N3Cc2ccccc2)c1. The Hall–Kier alpha value is -2.66. The standard InChI is InChI=1S/C24H29N3O2/c1-17(28)19-9-5-10-20(13-19)25-24(29)26-21-14-22-11-6-12-23(15-21)27(22)16-18-7-3-2-4-8-18/h2-5,7-10,13,21-23H,6,11-12,14-16H2,1H3,(H2,25,26,29)/t22-,23-/m0/s1. The minimum absolute atomic E-state index is 0.00679. The van der Waals surface area contributed by atoms with Gasteiger partial charge in [-0.05, 0) is 50.3 Å². The third-order valence-electron chi connectivity index (χ3n) is 6.20. The fourth-order valence-electron chi connectivity index (χ4n) is 4.82. The number of hydrogen-bond donors (Lipinski definition) is 2. The Balaban J connectivity index is 1.35. The fraction of sp³-hybridized carbons (Fsp3) is 0.417. The molecule has 2 bridgehead atoms. The Morgan fingerprint density at radius 2 is 1.72 bits per heavy atom. The molecule has 0 spiro atoms. The fourth-order valence-corrected chi connectivity index (χ4v) is 4.82. The van der Waals surface area contributed by atoms with Crippen molar-refractivity contribution in [1.82, 2.24) is 10.2 Å². The van der Waals surface area contributed by atoms with Crippen LogP contribution in [0.2, 0.25) is 0 Å². The molecule has 0 aromatic heterocycles. The van der Waals surface area contributed by atoms with Gasteiger partial charge in [0.15, 0.2) is 5.78 Å². The molecule has 2 fully saturated rings. The molecule has 2 saturated heterocycles. The first kappa shape index (κ1) is 19.6. The van der Waals surface area contributed by atoms with Crippen LogP contribution in [0.1, 0.15) is 54.9 Å². The zero-order chi connectivity index (χ0) is 20.2. The van der Waals surface area contributed by atoms with Gasteiger partial charge in [0.2, 0.25) is 0 Å². The average molecular weight is 392 g/mol. The summed E-state index contributed by atoms with van der Waals surface area (Å²) >= 11 is 0. The molecule has 2 aromatic carbocycles. The summed E-state index contributed by atoms with van der Waals surface area (Å²) in [6.45, 7) is 2.52. The molecule has 5 heteroatoms. The lowest BCUT2D eigenvalue weighted by Gasteiger charge is -2.49. The second-order valence-corrected chi connectivity index (χ2v) is 8.30. The summed E-state index contributed by atoms with van der Waals surface area (Å²) in [4.78, 5) is 26.7. The highest BCUT2D eigenvalue weighted by Gasteiger charge is 2.38. The first-order valence-corrected chi connectivity index (χ1v) is 10.6. The maximum atomic E-state index is 12.5. The zero-order valence-corrected chi connectivity index (χ0v) is 16.9. The Labute approximate surface area is 172 Å². The number of benzene rings is 2. The van der Waals surface area contributed by atoms with Gasteiger partial charge in [0, 0.05) is 35.9 Å². The number of piperidine rings is 2. The number of rotatable bonds is 5. The van der Waals surface area contributed by atoms with Gasteiger partial charge in [0.25, 0.3) is 0 Å². The summed E-state index contributed by atoms with van der Waals surface area (Å²) in [5, 5.41) is 6.05. The molecule has 2 aliphatic rings. The first-order chi connectivity index (χ1) is 14.1. The molecule has 4 rings (SSSR count). The van der Waals surface area contributed by atoms with Crippen molar-refractivity contribution in [1.29, 1.82) is 0 Å². The van der Waals surface area contributed by atoms with Crippen molar-refractivity contribution in [3.8, 4) is 0 Å². The van der Waals surface area contributed by atoms with Crippen LogP contribution in [-0.2, 0) is 6.54 Å². The number of carbonyl (C=O) groups is 2. The van der Waals surface area contributed by atoms with Crippen molar-refractivity contribution in [2.75, 3.05) is 5.32 Å². The molecule has 2 aromatic rings. The summed E-state index contributed by atoms with van der Waals surface area (Å²) in [5.41, 5.74) is 2.61. The summed E-state index contributed by atoms with van der Waals surface area (Å²) in [6, 6.07) is 18.8. The van der Waals surface area contributed by atoms with Gasteiger partial charge in [-0.2, -0.15) is 0 Å². The smallest absolute Gasteiger partial charge is 0.319 e. The number of carbonyl (C=O) groups excluding carboxylic acids is 2. The minimum atomic E-state index is -0.190. The van der Waals surface area contributed by atoms with Gasteiger partial charge in [-0.25, -0.2) is 4.79 Å². The molecule has 152 valence electrons. The van der Waals surface area contributed by atoms with Gasteiger partial charge in [0.05, 0.1) is 0 Å². The molecule has 2 aliphatic heterocycles. The molecule has 2 heterocycles. The topological polar surface area (TPSA) is 61.4 Å². The molecule has 0 saturated carbocycles. The highest BCUT2D eigenvalue weighted by atomic mass is 16.2. The molecule has 2 N–H and O–H groups in total. The van der Waals surface area contributed by atoms with E-state index in [0.29, 0.717) is 23.3 Å². The van der Waals surface area contributed by atoms with Gasteiger partial charge in [-0.1, -0.05) is 48.9 Å². The van der Waals surface area contributed by atoms with E-state index in [1.807, 2.05) is 6.07 Å². The lowest BCUT2D eigenvalue weighted by Crippen LogP contribution is -2.56. The van der Waals surface area contributed by atoms with Crippen LogP contribution in [0.5, 0.6) is 0 Å². The third-order valence-corrected chi connectivity index (χ3v) is 6.20. The maximum absolute atomic E-state index is 12.5. The van der Waals surface area contributed by atoms with Crippen LogP contribution in [-0.4, -0.2) is 34.8 Å². The predicted octanol–water partition coefficient (Wildman–Crippen LogP) is 4.60. The lowest BCUT2D eigenvalue weighted by atomic mass is 9.81. The Morgan fingerprint density at radius 1 is 1.00 bits per heavy atom. The average Bonchev–Trinajstić information content (AvgIpc) is 2.69. The van der Waals surface area contributed by atoms with Crippen molar-refractivity contribution in [2.45, 2.75) is 63.7 Å². The predicted molar refractivity (Wildman–Crippen MR) is 115 cm³/mol. The van der Waals surface area contributed by atoms with Gasteiger partial charge in [-0.15, -0.1) is 0 Å². The summed E-state index contributed by atoms with van der Waals surface area (Å²) in [5.74, 6) is -0.00679. The number of hydrogen-bond acceptors (Lipinski definition) is 3. The third kappa shape index (κ3) is 4.85. The Morgan fingerprint density at radius 3 is 2.41 bits per heavy atom. The van der Waals surface area contributed by atoms with Gasteiger partial charge in [0.1, 0.15) is 0 Å². The van der Waals surface area contributed by atoms with Gasteiger partial charge in [-0.3, -0.25) is 9.69 Å². The Kier molecular flexibility index (Phi) is 5.95. The van der Waals surface area contributed by atoms with Crippen LogP contribution in [0.15, 0.2) is 54.6 Å². The number of urea groups is 1. The van der Waals surface area contributed by atoms with Gasteiger partial charge >= 0.3 is 6.03 Å². The number of amides is 2. The molecule has 29 heavy (non-hydrogen) atoms. The number of anilines is 1. The monoisotopic (exact) mass is 391 g/mol. The van der Waals surface area contributed by atoms with Gasteiger partial charge < -0.3 is 10.6 Å². The molecule has 0 unspecified atom stereocenters. The van der Waals surface area contributed by atoms with E-state index in [1.54, 1.807) is 18.2 Å². The van der Waals surface area contributed by atoms with Crippen LogP contribution in [0.25, 0.3) is 0 Å². The number of nitrogens with zero attached hydrogens (tertiary/aromatic N) is 1. The Bertz CT molecular complexity index is 853. The van der Waals surface area contributed by atoms with Crippen molar-refractivity contribution in [3.05, 3.63) is 65.7 Å². The van der Waals surface area contributed by atoms with Crippen LogP contribution in [0, 0.1) is 0 Å². The van der Waals surface area contributed by atoms with E-state index in [2.05, 4.69) is 45.9 Å². The molecular formula is C24H29N3O2. The highest BCUT2D eigenvalue weighted by Crippen LogP contribution is 2.35. The minimum Gasteiger partial charge on any atom is -0.335 e. The molecule has 0 aliphatic carbocycles. The van der Waals surface area contributed by atoms with E-state index >= 15 is 0 Å². The normalized spacial score (nSPS) is 24.0. The number of Topliss-reactive ketones (excluding diaryl/α,β-unsaturated/α-hetero) is 1. The zero-order valence-electron chi connectivity index (χ0n) is 16.9. The highest BCUT2D eigenvalue weighted by molar-refractivity contribution is 5.96. The van der Waals surface area contributed by atoms with Crippen LogP contribution in [0.3, 0.4) is 0 Å². The number of ketones is 1. The van der Waals surface area contributed by atoms with E-state index in [0.717, 1.165) is 19.4 Å². The summed E-state index contributed by atoms with van der Waals surface area (Å²) in [6.07, 6.45) is 5.65. The van der Waals surface area contributed by atoms with Crippen molar-refractivity contribution in [3.63, 3.8) is 0 Å².